The average molecular weight is 413 g/mol. The van der Waals surface area contributed by atoms with E-state index in [9.17, 15) is 0 Å². The summed E-state index contributed by atoms with van der Waals surface area (Å²) >= 11 is 1.68. The van der Waals surface area contributed by atoms with E-state index in [4.69, 9.17) is 5.21 Å². The van der Waals surface area contributed by atoms with E-state index in [2.05, 4.69) is 59.3 Å². The highest BCUT2D eigenvalue weighted by Crippen LogP contribution is 2.37. The van der Waals surface area contributed by atoms with E-state index >= 15 is 0 Å². The molecule has 0 radical (unpaired) electrons. The minimum absolute atomic E-state index is 0.595. The minimum atomic E-state index is 0.595. The van der Waals surface area contributed by atoms with Gasteiger partial charge >= 0.3 is 0 Å². The quantitative estimate of drug-likeness (QED) is 0.282. The molecule has 6 heteroatoms. The molecule has 0 aliphatic carbocycles. The SMILES string of the molecule is CC.CCC(C)c1ccc(NO)cc1.CSc1n[nH]c2c1CNc1ccccc1-2. The van der Waals surface area contributed by atoms with Gasteiger partial charge in [-0.1, -0.05) is 58.0 Å². The van der Waals surface area contributed by atoms with Crippen LogP contribution < -0.4 is 10.8 Å². The van der Waals surface area contributed by atoms with Gasteiger partial charge in [-0.15, -0.1) is 11.8 Å². The lowest BCUT2D eigenvalue weighted by Gasteiger charge is -2.17. The second-order valence-electron chi connectivity index (χ2n) is 6.53. The van der Waals surface area contributed by atoms with Crippen LogP contribution in [-0.4, -0.2) is 21.7 Å². The van der Waals surface area contributed by atoms with Crippen molar-refractivity contribution in [1.82, 2.24) is 10.2 Å². The van der Waals surface area contributed by atoms with Crippen LogP contribution in [0.25, 0.3) is 11.3 Å². The summed E-state index contributed by atoms with van der Waals surface area (Å²) in [6, 6.07) is 16.1. The fourth-order valence-electron chi connectivity index (χ4n) is 3.06. The third-order valence-corrected chi connectivity index (χ3v) is 5.62. The Kier molecular flexibility index (Phi) is 9.09. The van der Waals surface area contributed by atoms with Gasteiger partial charge in [0.2, 0.25) is 0 Å². The van der Waals surface area contributed by atoms with Crippen LogP contribution in [0.5, 0.6) is 0 Å². The fourth-order valence-corrected chi connectivity index (χ4v) is 3.62. The molecule has 3 aromatic rings. The first-order valence-electron chi connectivity index (χ1n) is 10.1. The van der Waals surface area contributed by atoms with Crippen molar-refractivity contribution in [3.8, 4) is 11.3 Å². The van der Waals surface area contributed by atoms with Gasteiger partial charge in [-0.25, -0.2) is 0 Å². The van der Waals surface area contributed by atoms with Crippen molar-refractivity contribution in [2.75, 3.05) is 17.1 Å². The van der Waals surface area contributed by atoms with Crippen LogP contribution in [0.1, 0.15) is 51.2 Å². The highest BCUT2D eigenvalue weighted by molar-refractivity contribution is 7.98. The lowest BCUT2D eigenvalue weighted by Crippen LogP contribution is -2.07. The maximum absolute atomic E-state index is 8.57. The topological polar surface area (TPSA) is 73.0 Å². The summed E-state index contributed by atoms with van der Waals surface area (Å²) in [5, 5.41) is 20.5. The molecular formula is C23H32N4OS. The zero-order valence-corrected chi connectivity index (χ0v) is 18.7. The number of aromatic amines is 1. The van der Waals surface area contributed by atoms with E-state index in [1.807, 2.05) is 44.2 Å². The predicted molar refractivity (Wildman–Crippen MR) is 125 cm³/mol. The van der Waals surface area contributed by atoms with Gasteiger partial charge in [0, 0.05) is 23.4 Å². The summed E-state index contributed by atoms with van der Waals surface area (Å²) in [6.07, 6.45) is 3.20. The van der Waals surface area contributed by atoms with Crippen LogP contribution in [0.4, 0.5) is 11.4 Å². The summed E-state index contributed by atoms with van der Waals surface area (Å²) < 4.78 is 0. The Morgan fingerprint density at radius 2 is 1.83 bits per heavy atom. The third kappa shape index (κ3) is 5.55. The normalized spacial score (nSPS) is 12.1. The molecule has 0 saturated heterocycles. The van der Waals surface area contributed by atoms with Crippen molar-refractivity contribution in [2.45, 2.75) is 51.6 Å². The third-order valence-electron chi connectivity index (χ3n) is 4.90. The van der Waals surface area contributed by atoms with Crippen molar-refractivity contribution in [3.05, 3.63) is 59.7 Å². The number of thioether (sulfide) groups is 1. The molecule has 0 bridgehead atoms. The number of para-hydroxylation sites is 1. The molecule has 0 saturated carbocycles. The first-order valence-corrected chi connectivity index (χ1v) is 11.3. The molecule has 1 aliphatic heterocycles. The molecule has 1 aliphatic rings. The Bertz CT molecular complexity index is 877. The van der Waals surface area contributed by atoms with Crippen molar-refractivity contribution in [1.29, 1.82) is 0 Å². The zero-order valence-electron chi connectivity index (χ0n) is 17.9. The molecule has 0 fully saturated rings. The number of nitrogens with one attached hydrogen (secondary N) is 3. The number of H-pyrrole nitrogens is 1. The number of fused-ring (bicyclic) bond motifs is 3. The molecule has 4 rings (SSSR count). The number of anilines is 2. The predicted octanol–water partition coefficient (Wildman–Crippen LogP) is 6.75. The molecule has 156 valence electrons. The molecule has 0 amide bonds. The summed E-state index contributed by atoms with van der Waals surface area (Å²) in [7, 11) is 0. The molecule has 2 aromatic carbocycles. The number of benzene rings is 2. The van der Waals surface area contributed by atoms with Gasteiger partial charge in [0.1, 0.15) is 5.03 Å². The Morgan fingerprint density at radius 1 is 1.14 bits per heavy atom. The maximum Gasteiger partial charge on any atom is 0.123 e. The minimum Gasteiger partial charge on any atom is -0.380 e. The van der Waals surface area contributed by atoms with E-state index in [1.54, 1.807) is 11.8 Å². The number of rotatable bonds is 4. The monoisotopic (exact) mass is 412 g/mol. The standard InChI is InChI=1S/C11H11N3S.C10H15NO.C2H6/c1-15-11-8-6-12-9-5-3-2-4-7(9)10(8)13-14-11;1-3-8(2)9-4-6-10(11-12)7-5-9;1-2/h2-5,12H,6H2,1H3,(H,13,14);4-8,11-12H,3H2,1-2H3;1-2H3. The summed E-state index contributed by atoms with van der Waals surface area (Å²) in [5.74, 6) is 0.595. The Hall–Kier alpha value is -2.44. The van der Waals surface area contributed by atoms with Gasteiger partial charge in [0.25, 0.3) is 0 Å². The van der Waals surface area contributed by atoms with Crippen LogP contribution in [0.2, 0.25) is 0 Å². The second kappa shape index (κ2) is 11.5. The molecule has 4 N–H and O–H groups in total. The Balaban J connectivity index is 0.000000196. The van der Waals surface area contributed by atoms with Crippen molar-refractivity contribution in [2.24, 2.45) is 0 Å². The van der Waals surface area contributed by atoms with Crippen LogP contribution in [-0.2, 0) is 6.54 Å². The highest BCUT2D eigenvalue weighted by Gasteiger charge is 2.20. The number of nitrogens with zero attached hydrogens (tertiary/aromatic N) is 1. The van der Waals surface area contributed by atoms with Gasteiger partial charge in [0.15, 0.2) is 0 Å². The Labute approximate surface area is 178 Å². The van der Waals surface area contributed by atoms with Gasteiger partial charge in [-0.2, -0.15) is 5.10 Å². The van der Waals surface area contributed by atoms with Crippen LogP contribution in [0, 0.1) is 0 Å². The smallest absolute Gasteiger partial charge is 0.123 e. The summed E-state index contributed by atoms with van der Waals surface area (Å²) in [5.41, 5.74) is 9.00. The van der Waals surface area contributed by atoms with E-state index in [0.29, 0.717) is 5.92 Å². The maximum atomic E-state index is 8.57. The molecule has 1 aromatic heterocycles. The van der Waals surface area contributed by atoms with Gasteiger partial charge < -0.3 is 5.32 Å². The number of aromatic nitrogens is 2. The van der Waals surface area contributed by atoms with E-state index in [-0.39, 0.29) is 0 Å². The van der Waals surface area contributed by atoms with Crippen molar-refractivity contribution >= 4 is 23.1 Å². The van der Waals surface area contributed by atoms with Crippen LogP contribution in [0.3, 0.4) is 0 Å². The molecule has 5 nitrogen and oxygen atoms in total. The molecule has 29 heavy (non-hydrogen) atoms. The van der Waals surface area contributed by atoms with E-state index in [0.717, 1.165) is 29.4 Å². The Morgan fingerprint density at radius 3 is 2.45 bits per heavy atom. The number of hydrogen-bond donors (Lipinski definition) is 4. The average Bonchev–Trinajstić information content (AvgIpc) is 3.24. The lowest BCUT2D eigenvalue weighted by molar-refractivity contribution is 0.389. The molecule has 0 spiro atoms. The zero-order chi connectivity index (χ0) is 21.2. The highest BCUT2D eigenvalue weighted by atomic mass is 32.2. The molecule has 2 heterocycles. The van der Waals surface area contributed by atoms with Crippen molar-refractivity contribution < 1.29 is 5.21 Å². The fraction of sp³-hybridized carbons (Fsp3) is 0.348. The first kappa shape index (κ1) is 22.8. The molecule has 1 unspecified atom stereocenters. The largest absolute Gasteiger partial charge is 0.380 e. The number of hydrogen-bond acceptors (Lipinski definition) is 5. The molecular weight excluding hydrogens is 380 g/mol. The molecule has 1 atom stereocenters. The van der Waals surface area contributed by atoms with Gasteiger partial charge in [0.05, 0.1) is 11.4 Å². The summed E-state index contributed by atoms with van der Waals surface area (Å²) in [6.45, 7) is 9.23. The van der Waals surface area contributed by atoms with E-state index in [1.165, 1.54) is 22.4 Å². The summed E-state index contributed by atoms with van der Waals surface area (Å²) in [4.78, 5) is 0. The lowest BCUT2D eigenvalue weighted by atomic mass is 9.99. The van der Waals surface area contributed by atoms with Gasteiger partial charge in [-0.05, 0) is 42.4 Å². The van der Waals surface area contributed by atoms with E-state index < -0.39 is 0 Å². The first-order chi connectivity index (χ1) is 14.2. The van der Waals surface area contributed by atoms with Gasteiger partial charge in [-0.3, -0.25) is 15.8 Å². The van der Waals surface area contributed by atoms with Crippen LogP contribution >= 0.6 is 11.8 Å². The van der Waals surface area contributed by atoms with Crippen LogP contribution in [0.15, 0.2) is 53.6 Å². The second-order valence-corrected chi connectivity index (χ2v) is 7.32. The van der Waals surface area contributed by atoms with Crippen molar-refractivity contribution in [3.63, 3.8) is 0 Å².